The highest BCUT2D eigenvalue weighted by Crippen LogP contribution is 2.48. The second kappa shape index (κ2) is 6.50. The van der Waals surface area contributed by atoms with Gasteiger partial charge < -0.3 is 9.47 Å². The number of benzene rings is 2. The zero-order chi connectivity index (χ0) is 19.1. The van der Waals surface area contributed by atoms with Gasteiger partial charge in [0, 0.05) is 28.3 Å². The molecule has 2 aromatic carbocycles. The Morgan fingerprint density at radius 1 is 1.00 bits per heavy atom. The number of ketones is 1. The van der Waals surface area contributed by atoms with Crippen molar-refractivity contribution in [2.75, 3.05) is 14.2 Å². The standard InChI is InChI=1S/C22H19NO4/c1-12-17(22(25)27-3)18(13-8-10-14(26-2)11-9-13)19-20(23-12)15-6-4-5-7-16(15)21(19)24/h4-11,17-18H,1-3H3/t17?,18-/m0/s1. The number of nitrogens with zero attached hydrogens (tertiary/aromatic N) is 1. The third-order valence-electron chi connectivity index (χ3n) is 5.24. The molecular weight excluding hydrogens is 342 g/mol. The normalized spacial score (nSPS) is 20.7. The second-order valence-corrected chi connectivity index (χ2v) is 6.64. The fraction of sp³-hybridized carbons (Fsp3) is 0.227. The first-order valence-electron chi connectivity index (χ1n) is 8.72. The van der Waals surface area contributed by atoms with Crippen molar-refractivity contribution in [2.24, 2.45) is 10.9 Å². The third-order valence-corrected chi connectivity index (χ3v) is 5.24. The molecule has 0 spiro atoms. The summed E-state index contributed by atoms with van der Waals surface area (Å²) in [6.07, 6.45) is 0. The summed E-state index contributed by atoms with van der Waals surface area (Å²) in [6.45, 7) is 1.81. The monoisotopic (exact) mass is 361 g/mol. The molecule has 4 rings (SSSR count). The van der Waals surface area contributed by atoms with Crippen molar-refractivity contribution in [2.45, 2.75) is 12.8 Å². The minimum atomic E-state index is -0.639. The zero-order valence-electron chi connectivity index (χ0n) is 15.4. The number of Topliss-reactive ketones (excluding diaryl/α,β-unsaturated/α-hetero) is 1. The molecule has 0 radical (unpaired) electrons. The lowest BCUT2D eigenvalue weighted by atomic mass is 9.75. The molecule has 1 aliphatic carbocycles. The summed E-state index contributed by atoms with van der Waals surface area (Å²) in [5.41, 5.74) is 4.17. The van der Waals surface area contributed by atoms with E-state index in [1.54, 1.807) is 13.2 Å². The highest BCUT2D eigenvalue weighted by Gasteiger charge is 2.45. The van der Waals surface area contributed by atoms with Crippen LogP contribution in [0.4, 0.5) is 0 Å². The van der Waals surface area contributed by atoms with Gasteiger partial charge in [-0.05, 0) is 24.6 Å². The number of esters is 1. The molecule has 0 fully saturated rings. The third kappa shape index (κ3) is 2.58. The number of carbonyl (C=O) groups excluding carboxylic acids is 2. The number of hydrogen-bond donors (Lipinski definition) is 0. The van der Waals surface area contributed by atoms with Gasteiger partial charge in [-0.15, -0.1) is 0 Å². The summed E-state index contributed by atoms with van der Waals surface area (Å²) in [7, 11) is 2.96. The minimum absolute atomic E-state index is 0.0772. The number of hydrogen-bond acceptors (Lipinski definition) is 5. The highest BCUT2D eigenvalue weighted by atomic mass is 16.5. The minimum Gasteiger partial charge on any atom is -0.497 e. The quantitative estimate of drug-likeness (QED) is 0.783. The molecule has 0 amide bonds. The largest absolute Gasteiger partial charge is 0.497 e. The summed E-state index contributed by atoms with van der Waals surface area (Å²) < 4.78 is 10.3. The second-order valence-electron chi connectivity index (χ2n) is 6.64. The maximum atomic E-state index is 13.2. The predicted molar refractivity (Wildman–Crippen MR) is 102 cm³/mol. The zero-order valence-corrected chi connectivity index (χ0v) is 15.4. The summed E-state index contributed by atoms with van der Waals surface area (Å²) in [5, 5.41) is 0. The first-order chi connectivity index (χ1) is 13.1. The molecule has 136 valence electrons. The number of fused-ring (bicyclic) bond motifs is 2. The molecule has 0 N–H and O–H groups in total. The van der Waals surface area contributed by atoms with Gasteiger partial charge >= 0.3 is 5.97 Å². The van der Waals surface area contributed by atoms with Crippen LogP contribution in [-0.4, -0.2) is 31.7 Å². The van der Waals surface area contributed by atoms with Crippen molar-refractivity contribution in [1.29, 1.82) is 0 Å². The van der Waals surface area contributed by atoms with Gasteiger partial charge in [-0.25, -0.2) is 0 Å². The van der Waals surface area contributed by atoms with E-state index in [1.165, 1.54) is 7.11 Å². The molecule has 1 heterocycles. The fourth-order valence-electron chi connectivity index (χ4n) is 3.95. The Hall–Kier alpha value is -3.21. The molecule has 1 aliphatic heterocycles. The SMILES string of the molecule is COC(=O)C1C(C)=NC2=C(C(=O)c3ccccc32)[C@H]1c1ccc(OC)cc1. The van der Waals surface area contributed by atoms with Gasteiger partial charge in [0.25, 0.3) is 0 Å². The van der Waals surface area contributed by atoms with Crippen LogP contribution in [-0.2, 0) is 9.53 Å². The predicted octanol–water partition coefficient (Wildman–Crippen LogP) is 3.65. The molecule has 27 heavy (non-hydrogen) atoms. The molecule has 0 saturated heterocycles. The van der Waals surface area contributed by atoms with Gasteiger partial charge in [-0.1, -0.05) is 36.4 Å². The average Bonchev–Trinajstić information content (AvgIpc) is 2.99. The van der Waals surface area contributed by atoms with Gasteiger partial charge in [-0.3, -0.25) is 14.6 Å². The number of aliphatic imine (C=N–C) groups is 1. The van der Waals surface area contributed by atoms with Crippen LogP contribution in [0, 0.1) is 5.92 Å². The van der Waals surface area contributed by atoms with E-state index in [0.717, 1.165) is 11.1 Å². The lowest BCUT2D eigenvalue weighted by Gasteiger charge is -2.30. The van der Waals surface area contributed by atoms with Crippen LogP contribution in [0.1, 0.15) is 34.3 Å². The van der Waals surface area contributed by atoms with Crippen molar-refractivity contribution in [3.63, 3.8) is 0 Å². The molecule has 2 atom stereocenters. The molecule has 2 aromatic rings. The van der Waals surface area contributed by atoms with Gasteiger partial charge in [-0.2, -0.15) is 0 Å². The Labute approximate surface area is 157 Å². The van der Waals surface area contributed by atoms with Crippen LogP contribution in [0.5, 0.6) is 5.75 Å². The molecule has 0 bridgehead atoms. The molecule has 2 aliphatic rings. The maximum absolute atomic E-state index is 13.2. The summed E-state index contributed by atoms with van der Waals surface area (Å²) in [5.74, 6) is -0.847. The van der Waals surface area contributed by atoms with Crippen LogP contribution in [0.25, 0.3) is 5.70 Å². The first-order valence-corrected chi connectivity index (χ1v) is 8.72. The Kier molecular flexibility index (Phi) is 4.15. The molecule has 5 heteroatoms. The van der Waals surface area contributed by atoms with Crippen LogP contribution in [0.2, 0.25) is 0 Å². The summed E-state index contributed by atoms with van der Waals surface area (Å²) >= 11 is 0. The van der Waals surface area contributed by atoms with Crippen LogP contribution >= 0.6 is 0 Å². The van der Waals surface area contributed by atoms with E-state index in [4.69, 9.17) is 9.47 Å². The van der Waals surface area contributed by atoms with Crippen LogP contribution < -0.4 is 4.74 Å². The van der Waals surface area contributed by atoms with E-state index < -0.39 is 17.8 Å². The van der Waals surface area contributed by atoms with E-state index in [1.807, 2.05) is 49.4 Å². The smallest absolute Gasteiger partial charge is 0.315 e. The van der Waals surface area contributed by atoms with Gasteiger partial charge in [0.05, 0.1) is 19.9 Å². The lowest BCUT2D eigenvalue weighted by Crippen LogP contribution is -2.34. The molecule has 5 nitrogen and oxygen atoms in total. The van der Waals surface area contributed by atoms with E-state index >= 15 is 0 Å². The van der Waals surface area contributed by atoms with Crippen LogP contribution in [0.3, 0.4) is 0 Å². The van der Waals surface area contributed by atoms with Gasteiger partial charge in [0.2, 0.25) is 0 Å². The van der Waals surface area contributed by atoms with E-state index in [9.17, 15) is 9.59 Å². The van der Waals surface area contributed by atoms with Crippen molar-refractivity contribution < 1.29 is 19.1 Å². The van der Waals surface area contributed by atoms with E-state index in [2.05, 4.69) is 4.99 Å². The highest BCUT2D eigenvalue weighted by molar-refractivity contribution is 6.24. The van der Waals surface area contributed by atoms with Gasteiger partial charge in [0.15, 0.2) is 5.78 Å². The Bertz CT molecular complexity index is 1000. The van der Waals surface area contributed by atoms with Crippen molar-refractivity contribution >= 4 is 23.2 Å². The maximum Gasteiger partial charge on any atom is 0.315 e. The molecule has 0 aromatic heterocycles. The fourth-order valence-corrected chi connectivity index (χ4v) is 3.95. The number of ether oxygens (including phenoxy) is 2. The van der Waals surface area contributed by atoms with Crippen LogP contribution in [0.15, 0.2) is 59.1 Å². The lowest BCUT2D eigenvalue weighted by molar-refractivity contribution is -0.143. The van der Waals surface area contributed by atoms with Crippen molar-refractivity contribution in [1.82, 2.24) is 0 Å². The van der Waals surface area contributed by atoms with E-state index in [0.29, 0.717) is 28.3 Å². The number of methoxy groups -OCH3 is 2. The number of carbonyl (C=O) groups is 2. The Balaban J connectivity index is 1.92. The average molecular weight is 361 g/mol. The summed E-state index contributed by atoms with van der Waals surface area (Å²) in [4.78, 5) is 30.4. The van der Waals surface area contributed by atoms with E-state index in [-0.39, 0.29) is 5.78 Å². The topological polar surface area (TPSA) is 65.0 Å². The van der Waals surface area contributed by atoms with Crippen molar-refractivity contribution in [3.05, 3.63) is 70.8 Å². The van der Waals surface area contributed by atoms with Crippen molar-refractivity contribution in [3.8, 4) is 5.75 Å². The Morgan fingerprint density at radius 2 is 1.67 bits per heavy atom. The number of allylic oxidation sites excluding steroid dienone is 1. The first kappa shape index (κ1) is 17.2. The molecule has 0 saturated carbocycles. The molecule has 1 unspecified atom stereocenters. The molecular formula is C22H19NO4. The van der Waals surface area contributed by atoms with Gasteiger partial charge in [0.1, 0.15) is 11.7 Å². The Morgan fingerprint density at radius 3 is 2.30 bits per heavy atom. The summed E-state index contributed by atoms with van der Waals surface area (Å²) in [6, 6.07) is 14.9. The number of rotatable bonds is 3.